The molecule has 0 radical (unpaired) electrons. The highest BCUT2D eigenvalue weighted by atomic mass is 32.1. The molecule has 0 saturated carbocycles. The molecule has 3 rings (SSSR count). The Morgan fingerprint density at radius 1 is 1.32 bits per heavy atom. The van der Waals surface area contributed by atoms with Gasteiger partial charge in [0, 0.05) is 0 Å². The van der Waals surface area contributed by atoms with E-state index in [1.54, 1.807) is 0 Å². The van der Waals surface area contributed by atoms with Gasteiger partial charge in [0.05, 0.1) is 16.6 Å². The smallest absolute Gasteiger partial charge is 0.161 e. The Labute approximate surface area is 115 Å². The summed E-state index contributed by atoms with van der Waals surface area (Å²) in [4.78, 5) is 1.01. The zero-order valence-corrected chi connectivity index (χ0v) is 11.4. The minimum atomic E-state index is -0.217. The first-order chi connectivity index (χ1) is 9.29. The van der Waals surface area contributed by atoms with Crippen molar-refractivity contribution in [2.24, 2.45) is 5.73 Å². The Hall–Kier alpha value is -1.66. The molecule has 1 aromatic heterocycles. The number of ether oxygens (including phenoxy) is 2. The van der Waals surface area contributed by atoms with E-state index < -0.39 is 0 Å². The molecule has 5 nitrogen and oxygen atoms in total. The van der Waals surface area contributed by atoms with Crippen molar-refractivity contribution in [3.63, 3.8) is 0 Å². The van der Waals surface area contributed by atoms with E-state index in [0.29, 0.717) is 13.2 Å². The van der Waals surface area contributed by atoms with Crippen LogP contribution in [0.1, 0.15) is 29.1 Å². The quantitative estimate of drug-likeness (QED) is 0.928. The standard InChI is InChI=1S/C13H15N3O2S/c1-2-9-13(19-16-15-9)12(14)8-3-4-10-11(7-8)18-6-5-17-10/h3-4,7,12H,2,5-6,14H2,1H3. The van der Waals surface area contributed by atoms with Gasteiger partial charge in [-0.3, -0.25) is 0 Å². The van der Waals surface area contributed by atoms with E-state index in [2.05, 4.69) is 16.5 Å². The summed E-state index contributed by atoms with van der Waals surface area (Å²) in [6.45, 7) is 3.22. The first-order valence-electron chi connectivity index (χ1n) is 6.26. The average molecular weight is 277 g/mol. The molecule has 1 aliphatic heterocycles. The summed E-state index contributed by atoms with van der Waals surface area (Å²) in [7, 11) is 0. The van der Waals surface area contributed by atoms with E-state index in [0.717, 1.165) is 34.1 Å². The summed E-state index contributed by atoms with van der Waals surface area (Å²) >= 11 is 1.36. The molecule has 1 atom stereocenters. The number of hydrogen-bond donors (Lipinski definition) is 1. The van der Waals surface area contributed by atoms with E-state index in [-0.39, 0.29) is 6.04 Å². The van der Waals surface area contributed by atoms with Gasteiger partial charge in [-0.05, 0) is 35.6 Å². The number of aryl methyl sites for hydroxylation is 1. The van der Waals surface area contributed by atoms with Crippen LogP contribution in [0, 0.1) is 0 Å². The first-order valence-corrected chi connectivity index (χ1v) is 7.03. The number of nitrogens with two attached hydrogens (primary N) is 1. The Morgan fingerprint density at radius 2 is 2.11 bits per heavy atom. The number of hydrogen-bond acceptors (Lipinski definition) is 6. The lowest BCUT2D eigenvalue weighted by atomic mass is 10.0. The monoisotopic (exact) mass is 277 g/mol. The number of fused-ring (bicyclic) bond motifs is 1. The third-order valence-electron chi connectivity index (χ3n) is 3.13. The Balaban J connectivity index is 1.93. The van der Waals surface area contributed by atoms with E-state index in [1.807, 2.05) is 18.2 Å². The molecule has 0 amide bonds. The number of nitrogens with zero attached hydrogens (tertiary/aromatic N) is 2. The molecule has 1 aromatic carbocycles. The average Bonchev–Trinajstić information content (AvgIpc) is 2.94. The van der Waals surface area contributed by atoms with Crippen molar-refractivity contribution in [1.29, 1.82) is 0 Å². The second-order valence-electron chi connectivity index (χ2n) is 4.32. The van der Waals surface area contributed by atoms with E-state index >= 15 is 0 Å². The zero-order valence-electron chi connectivity index (χ0n) is 10.6. The fraction of sp³-hybridized carbons (Fsp3) is 0.385. The van der Waals surface area contributed by atoms with E-state index in [1.165, 1.54) is 11.5 Å². The van der Waals surface area contributed by atoms with Crippen LogP contribution in [-0.4, -0.2) is 22.8 Å². The van der Waals surface area contributed by atoms with Crippen molar-refractivity contribution < 1.29 is 9.47 Å². The van der Waals surface area contributed by atoms with Crippen LogP contribution >= 0.6 is 11.5 Å². The summed E-state index contributed by atoms with van der Waals surface area (Å²) < 4.78 is 15.1. The summed E-state index contributed by atoms with van der Waals surface area (Å²) in [6, 6.07) is 5.60. The summed E-state index contributed by atoms with van der Waals surface area (Å²) in [5.41, 5.74) is 8.26. The highest BCUT2D eigenvalue weighted by Crippen LogP contribution is 2.34. The van der Waals surface area contributed by atoms with Gasteiger partial charge in [0.15, 0.2) is 11.5 Å². The minimum absolute atomic E-state index is 0.217. The SMILES string of the molecule is CCc1nnsc1C(N)c1ccc2c(c1)OCCO2. The third kappa shape index (κ3) is 2.29. The molecular weight excluding hydrogens is 262 g/mol. The van der Waals surface area contributed by atoms with Crippen molar-refractivity contribution in [3.05, 3.63) is 34.3 Å². The second kappa shape index (κ2) is 5.14. The van der Waals surface area contributed by atoms with Crippen LogP contribution < -0.4 is 15.2 Å². The van der Waals surface area contributed by atoms with Gasteiger partial charge in [-0.1, -0.05) is 17.5 Å². The van der Waals surface area contributed by atoms with Gasteiger partial charge >= 0.3 is 0 Å². The maximum Gasteiger partial charge on any atom is 0.161 e. The minimum Gasteiger partial charge on any atom is -0.486 e. The number of rotatable bonds is 3. The Kier molecular flexibility index (Phi) is 3.35. The van der Waals surface area contributed by atoms with Crippen molar-refractivity contribution in [3.8, 4) is 11.5 Å². The van der Waals surface area contributed by atoms with Gasteiger partial charge in [-0.15, -0.1) is 5.10 Å². The summed E-state index contributed by atoms with van der Waals surface area (Å²) in [6.07, 6.45) is 0.837. The van der Waals surface area contributed by atoms with Crippen LogP contribution in [0.15, 0.2) is 18.2 Å². The first kappa shape index (κ1) is 12.4. The molecule has 1 unspecified atom stereocenters. The maximum absolute atomic E-state index is 6.30. The van der Waals surface area contributed by atoms with Gasteiger partial charge in [0.2, 0.25) is 0 Å². The molecule has 2 heterocycles. The van der Waals surface area contributed by atoms with Crippen molar-refractivity contribution in [2.45, 2.75) is 19.4 Å². The van der Waals surface area contributed by atoms with Crippen molar-refractivity contribution in [2.75, 3.05) is 13.2 Å². The van der Waals surface area contributed by atoms with Crippen LogP contribution in [0.4, 0.5) is 0 Å². The van der Waals surface area contributed by atoms with Crippen LogP contribution in [0.2, 0.25) is 0 Å². The van der Waals surface area contributed by atoms with Crippen LogP contribution in [0.25, 0.3) is 0 Å². The van der Waals surface area contributed by atoms with Crippen LogP contribution in [0.5, 0.6) is 11.5 Å². The highest BCUT2D eigenvalue weighted by molar-refractivity contribution is 7.05. The zero-order chi connectivity index (χ0) is 13.2. The molecular formula is C13H15N3O2S. The normalized spacial score (nSPS) is 15.3. The molecule has 1 aliphatic rings. The number of aromatic nitrogens is 2. The molecule has 6 heteroatoms. The number of benzene rings is 1. The van der Waals surface area contributed by atoms with Gasteiger partial charge in [0.1, 0.15) is 13.2 Å². The van der Waals surface area contributed by atoms with Gasteiger partial charge in [-0.25, -0.2) is 0 Å². The largest absolute Gasteiger partial charge is 0.486 e. The van der Waals surface area contributed by atoms with E-state index in [9.17, 15) is 0 Å². The fourth-order valence-electron chi connectivity index (χ4n) is 2.10. The van der Waals surface area contributed by atoms with E-state index in [4.69, 9.17) is 15.2 Å². The molecule has 0 saturated heterocycles. The molecule has 2 N–H and O–H groups in total. The molecule has 0 fully saturated rings. The Bertz CT molecular complexity index is 585. The fourth-order valence-corrected chi connectivity index (χ4v) is 2.87. The predicted molar refractivity (Wildman–Crippen MR) is 72.7 cm³/mol. The van der Waals surface area contributed by atoms with Crippen LogP contribution in [-0.2, 0) is 6.42 Å². The molecule has 0 aliphatic carbocycles. The second-order valence-corrected chi connectivity index (χ2v) is 5.10. The van der Waals surface area contributed by atoms with Gasteiger partial charge in [-0.2, -0.15) is 0 Å². The molecule has 100 valence electrons. The lowest BCUT2D eigenvalue weighted by Gasteiger charge is -2.20. The third-order valence-corrected chi connectivity index (χ3v) is 3.98. The molecule has 0 spiro atoms. The predicted octanol–water partition coefficient (Wildman–Crippen LogP) is 1.92. The lowest BCUT2D eigenvalue weighted by Crippen LogP contribution is -2.17. The van der Waals surface area contributed by atoms with Crippen molar-refractivity contribution >= 4 is 11.5 Å². The van der Waals surface area contributed by atoms with Gasteiger partial charge in [0.25, 0.3) is 0 Å². The summed E-state index contributed by atoms with van der Waals surface area (Å²) in [5, 5.41) is 4.10. The molecule has 2 aromatic rings. The highest BCUT2D eigenvalue weighted by Gasteiger charge is 2.19. The van der Waals surface area contributed by atoms with Crippen LogP contribution in [0.3, 0.4) is 0 Å². The lowest BCUT2D eigenvalue weighted by molar-refractivity contribution is 0.171. The van der Waals surface area contributed by atoms with Gasteiger partial charge < -0.3 is 15.2 Å². The topological polar surface area (TPSA) is 70.3 Å². The van der Waals surface area contributed by atoms with Crippen molar-refractivity contribution in [1.82, 2.24) is 9.59 Å². The Morgan fingerprint density at radius 3 is 2.89 bits per heavy atom. The maximum atomic E-state index is 6.30. The molecule has 19 heavy (non-hydrogen) atoms. The summed E-state index contributed by atoms with van der Waals surface area (Å²) in [5.74, 6) is 1.54. The molecule has 0 bridgehead atoms.